The molecule has 2 aromatic heterocycles. The van der Waals surface area contributed by atoms with E-state index in [0.717, 1.165) is 19.2 Å². The average Bonchev–Trinajstić information content (AvgIpc) is 3.34. The van der Waals surface area contributed by atoms with E-state index >= 15 is 0 Å². The smallest absolute Gasteiger partial charge is 0.305 e. The van der Waals surface area contributed by atoms with E-state index in [9.17, 15) is 19.7 Å². The van der Waals surface area contributed by atoms with E-state index in [1.54, 1.807) is 24.4 Å². The quantitative estimate of drug-likeness (QED) is 0.295. The molecule has 2 amide bonds. The molecule has 3 rings (SSSR count). The summed E-state index contributed by atoms with van der Waals surface area (Å²) in [5.74, 6) is -0.674. The van der Waals surface area contributed by atoms with Crippen LogP contribution in [0, 0.1) is 10.1 Å². The summed E-state index contributed by atoms with van der Waals surface area (Å²) in [4.78, 5) is 42.3. The molecule has 1 atom stereocenters. The third-order valence-electron chi connectivity index (χ3n) is 5.41. The molecule has 11 nitrogen and oxygen atoms in total. The van der Waals surface area contributed by atoms with Gasteiger partial charge >= 0.3 is 5.91 Å². The molecule has 0 radical (unpaired) electrons. The minimum atomic E-state index is -0.708. The number of nitro groups is 1. The first kappa shape index (κ1) is 25.4. The second-order valence-electron chi connectivity index (χ2n) is 7.75. The van der Waals surface area contributed by atoms with Gasteiger partial charge in [-0.25, -0.2) is 0 Å². The van der Waals surface area contributed by atoms with E-state index in [1.807, 2.05) is 26.8 Å². The lowest BCUT2D eigenvalue weighted by atomic mass is 10.1. The van der Waals surface area contributed by atoms with Gasteiger partial charge in [0.05, 0.1) is 23.2 Å². The lowest BCUT2D eigenvalue weighted by Gasteiger charge is -2.15. The second kappa shape index (κ2) is 11.7. The Kier molecular flexibility index (Phi) is 8.52. The number of furan rings is 1. The number of benzene rings is 1. The summed E-state index contributed by atoms with van der Waals surface area (Å²) in [5.41, 5.74) is 5.21. The molecule has 3 N–H and O–H groups in total. The van der Waals surface area contributed by atoms with Crippen LogP contribution in [-0.4, -0.2) is 39.7 Å². The molecule has 0 spiro atoms. The first-order valence-electron chi connectivity index (χ1n) is 11.2. The Bertz CT molecular complexity index is 1180. The highest BCUT2D eigenvalue weighted by atomic mass is 16.6. The lowest BCUT2D eigenvalue weighted by molar-refractivity contribution is -0.384. The Hall–Kier alpha value is -4.25. The van der Waals surface area contributed by atoms with Crippen LogP contribution in [-0.2, 0) is 6.54 Å². The maximum atomic E-state index is 12.5. The first-order valence-corrected chi connectivity index (χ1v) is 11.2. The summed E-state index contributed by atoms with van der Waals surface area (Å²) in [7, 11) is 0. The molecule has 35 heavy (non-hydrogen) atoms. The molecular formula is C24H28N6O5. The van der Waals surface area contributed by atoms with E-state index in [-0.39, 0.29) is 28.7 Å². The Morgan fingerprint density at radius 1 is 1.09 bits per heavy atom. The van der Waals surface area contributed by atoms with Gasteiger partial charge in [-0.15, -0.1) is 0 Å². The van der Waals surface area contributed by atoms with E-state index in [0.29, 0.717) is 18.0 Å². The maximum absolute atomic E-state index is 12.5. The Morgan fingerprint density at radius 3 is 2.49 bits per heavy atom. The van der Waals surface area contributed by atoms with Gasteiger partial charge in [0.15, 0.2) is 5.76 Å². The van der Waals surface area contributed by atoms with Crippen LogP contribution in [0.25, 0.3) is 0 Å². The summed E-state index contributed by atoms with van der Waals surface area (Å²) in [5, 5.41) is 14.7. The van der Waals surface area contributed by atoms with Crippen LogP contribution in [0.1, 0.15) is 59.2 Å². The minimum Gasteiger partial charge on any atom is -0.454 e. The number of carbonyl (C=O) groups excluding carboxylic acids is 2. The third kappa shape index (κ3) is 6.64. The zero-order valence-corrected chi connectivity index (χ0v) is 19.8. The van der Waals surface area contributed by atoms with E-state index < -0.39 is 16.7 Å². The van der Waals surface area contributed by atoms with Crippen LogP contribution in [0.15, 0.2) is 59.1 Å². The molecule has 1 unspecified atom stereocenters. The number of hydrogen-bond donors (Lipinski definition) is 3. The largest absolute Gasteiger partial charge is 0.454 e. The van der Waals surface area contributed by atoms with Crippen molar-refractivity contribution in [3.8, 4) is 0 Å². The van der Waals surface area contributed by atoms with Crippen molar-refractivity contribution in [1.82, 2.24) is 20.7 Å². The molecule has 3 aromatic rings. The summed E-state index contributed by atoms with van der Waals surface area (Å²) in [6.45, 7) is 8.14. The fourth-order valence-electron chi connectivity index (χ4n) is 3.39. The van der Waals surface area contributed by atoms with Gasteiger partial charge in [-0.1, -0.05) is 19.9 Å². The second-order valence-corrected chi connectivity index (χ2v) is 7.75. The molecule has 0 aliphatic carbocycles. The van der Waals surface area contributed by atoms with Gasteiger partial charge in [0.1, 0.15) is 11.4 Å². The fraction of sp³-hybridized carbons (Fsp3) is 0.292. The number of nitrogens with one attached hydrogen (secondary N) is 3. The van der Waals surface area contributed by atoms with Crippen molar-refractivity contribution in [2.75, 3.05) is 18.4 Å². The van der Waals surface area contributed by atoms with Gasteiger partial charge in [-0.3, -0.25) is 40.4 Å². The molecular weight excluding hydrogens is 452 g/mol. The van der Waals surface area contributed by atoms with Gasteiger partial charge in [-0.05, 0) is 56.4 Å². The predicted octanol–water partition coefficient (Wildman–Crippen LogP) is 3.67. The predicted molar refractivity (Wildman–Crippen MR) is 130 cm³/mol. The molecule has 0 fully saturated rings. The van der Waals surface area contributed by atoms with Crippen molar-refractivity contribution < 1.29 is 18.9 Å². The summed E-state index contributed by atoms with van der Waals surface area (Å²) < 4.78 is 5.55. The molecule has 0 saturated heterocycles. The van der Waals surface area contributed by atoms with Crippen molar-refractivity contribution in [2.24, 2.45) is 0 Å². The van der Waals surface area contributed by atoms with Crippen molar-refractivity contribution in [1.29, 1.82) is 0 Å². The van der Waals surface area contributed by atoms with Crippen LogP contribution < -0.4 is 16.2 Å². The molecule has 1 aromatic carbocycles. The topological polar surface area (TPSA) is 143 Å². The summed E-state index contributed by atoms with van der Waals surface area (Å²) in [6, 6.07) is 12.4. The number of hydrazine groups is 1. The summed E-state index contributed by atoms with van der Waals surface area (Å²) >= 11 is 0. The zero-order chi connectivity index (χ0) is 25.4. The zero-order valence-electron chi connectivity index (χ0n) is 19.8. The fourth-order valence-corrected chi connectivity index (χ4v) is 3.39. The van der Waals surface area contributed by atoms with Crippen LogP contribution in [0.3, 0.4) is 0 Å². The highest BCUT2D eigenvalue weighted by Crippen LogP contribution is 2.28. The number of carbonyl (C=O) groups is 2. The number of amides is 2. The van der Waals surface area contributed by atoms with Gasteiger partial charge in [-0.2, -0.15) is 0 Å². The monoisotopic (exact) mass is 480 g/mol. The number of pyridine rings is 1. The molecule has 0 aliphatic rings. The van der Waals surface area contributed by atoms with Gasteiger partial charge < -0.3 is 9.73 Å². The van der Waals surface area contributed by atoms with Crippen LogP contribution in [0.2, 0.25) is 0 Å². The molecule has 0 aliphatic heterocycles. The Morgan fingerprint density at radius 2 is 1.83 bits per heavy atom. The van der Waals surface area contributed by atoms with E-state index in [1.165, 1.54) is 18.2 Å². The van der Waals surface area contributed by atoms with Gasteiger partial charge in [0, 0.05) is 17.8 Å². The van der Waals surface area contributed by atoms with E-state index in [4.69, 9.17) is 4.42 Å². The molecule has 11 heteroatoms. The molecule has 2 heterocycles. The average molecular weight is 481 g/mol. The SMILES string of the molecule is CCN(CC)Cc1ccc(C(=O)NNC(=O)c2ccc(NC(C)c3ccccn3)c([N+](=O)[O-])c2)o1. The van der Waals surface area contributed by atoms with Crippen LogP contribution in [0.5, 0.6) is 0 Å². The van der Waals surface area contributed by atoms with Crippen LogP contribution >= 0.6 is 0 Å². The number of rotatable bonds is 10. The van der Waals surface area contributed by atoms with Gasteiger partial charge in [0.2, 0.25) is 0 Å². The Labute approximate surface area is 202 Å². The molecule has 184 valence electrons. The Balaban J connectivity index is 1.64. The van der Waals surface area contributed by atoms with Crippen molar-refractivity contribution in [2.45, 2.75) is 33.4 Å². The molecule has 0 bridgehead atoms. The van der Waals surface area contributed by atoms with Crippen molar-refractivity contribution in [3.63, 3.8) is 0 Å². The highest BCUT2D eigenvalue weighted by molar-refractivity contribution is 5.98. The number of anilines is 1. The van der Waals surface area contributed by atoms with Crippen molar-refractivity contribution >= 4 is 23.2 Å². The minimum absolute atomic E-state index is 0.00899. The number of nitro benzene ring substituents is 1. The standard InChI is InChI=1S/C24H28N6O5/c1-4-29(5-2)15-18-10-12-22(35-18)24(32)28-27-23(31)17-9-11-20(21(14-17)30(33)34)26-16(3)19-8-6-7-13-25-19/h6-14,16,26H,4-5,15H2,1-3H3,(H,27,31)(H,28,32). The van der Waals surface area contributed by atoms with Crippen LogP contribution in [0.4, 0.5) is 11.4 Å². The third-order valence-corrected chi connectivity index (χ3v) is 5.41. The lowest BCUT2D eigenvalue weighted by Crippen LogP contribution is -2.41. The summed E-state index contributed by atoms with van der Waals surface area (Å²) in [6.07, 6.45) is 1.64. The maximum Gasteiger partial charge on any atom is 0.305 e. The van der Waals surface area contributed by atoms with Crippen molar-refractivity contribution in [3.05, 3.63) is 87.6 Å². The van der Waals surface area contributed by atoms with E-state index in [2.05, 4.69) is 26.1 Å². The normalized spacial score (nSPS) is 11.7. The number of aromatic nitrogens is 1. The number of hydrogen-bond acceptors (Lipinski definition) is 8. The number of nitrogens with zero attached hydrogens (tertiary/aromatic N) is 3. The van der Waals surface area contributed by atoms with Gasteiger partial charge in [0.25, 0.3) is 11.6 Å². The first-order chi connectivity index (χ1) is 16.8. The molecule has 0 saturated carbocycles. The highest BCUT2D eigenvalue weighted by Gasteiger charge is 2.20.